The Labute approximate surface area is 835 Å². The fourth-order valence-electron chi connectivity index (χ4n) is 24.7. The summed E-state index contributed by atoms with van der Waals surface area (Å²) in [6.45, 7) is 19.3. The molecule has 5 heteroatoms. The number of rotatable bonds is 9. The van der Waals surface area contributed by atoms with Gasteiger partial charge in [0.1, 0.15) is 0 Å². The average Bonchev–Trinajstić information content (AvgIpc) is 1.45. The van der Waals surface area contributed by atoms with Crippen molar-refractivity contribution >= 4 is 101 Å². The Hall–Kier alpha value is -16.3. The second kappa shape index (κ2) is 29.6. The van der Waals surface area contributed by atoms with E-state index in [9.17, 15) is 21.9 Å². The van der Waals surface area contributed by atoms with Crippen LogP contribution in [0.15, 0.2) is 436 Å². The minimum Gasteiger partial charge on any atom is -0.310 e. The molecule has 0 fully saturated rings. The number of hydrogen-bond acceptors (Lipinski definition) is 2. The van der Waals surface area contributed by atoms with Gasteiger partial charge in [0.05, 0.1) is 66.2 Å². The molecule has 0 radical (unpaired) electrons. The van der Waals surface area contributed by atoms with E-state index < -0.39 is 130 Å². The molecule has 2 spiro atoms. The van der Waals surface area contributed by atoms with Crippen LogP contribution in [0.2, 0.25) is 0 Å². The van der Waals surface area contributed by atoms with Crippen LogP contribution in [0, 0.1) is 0 Å². The largest absolute Gasteiger partial charge is 0.310 e. The Morgan fingerprint density at radius 1 is 0.223 bits per heavy atom. The molecule has 4 aliphatic carbocycles. The molecular weight excluding hydrogens is 1680 g/mol. The number of nitrogens with zero attached hydrogens (tertiary/aromatic N) is 4. The third-order valence-corrected chi connectivity index (χ3v) is 30.9. The fraction of sp³-hybridized carbons (Fsp3) is 0.104. The second-order valence-corrected chi connectivity index (χ2v) is 41.3. The summed E-state index contributed by atoms with van der Waals surface area (Å²) >= 11 is 0. The fourth-order valence-corrected chi connectivity index (χ4v) is 24.7. The van der Waals surface area contributed by atoms with Gasteiger partial charge in [-0.3, -0.25) is 0 Å². The second-order valence-electron chi connectivity index (χ2n) is 41.3. The van der Waals surface area contributed by atoms with Gasteiger partial charge in [-0.05, 0) is 257 Å². The van der Waals surface area contributed by atoms with Crippen LogP contribution in [0.4, 0.5) is 34.1 Å². The topological polar surface area (TPSA) is 16.3 Å². The van der Waals surface area contributed by atoms with E-state index in [1.165, 1.54) is 44.5 Å². The van der Waals surface area contributed by atoms with E-state index in [0.29, 0.717) is 39.4 Å². The van der Waals surface area contributed by atoms with Crippen LogP contribution >= 0.6 is 0 Å². The van der Waals surface area contributed by atoms with Crippen LogP contribution < -0.4 is 26.2 Å². The lowest BCUT2D eigenvalue weighted by Crippen LogP contribution is -2.61. The predicted octanol–water partition coefficient (Wildman–Crippen LogP) is 32.9. The summed E-state index contributed by atoms with van der Waals surface area (Å²) in [5.41, 5.74) is 33.6. The van der Waals surface area contributed by atoms with Crippen molar-refractivity contribution in [2.45, 2.75) is 89.4 Å². The van der Waals surface area contributed by atoms with Crippen molar-refractivity contribution in [1.29, 1.82) is 0 Å². The van der Waals surface area contributed by atoms with Crippen LogP contribution in [0.5, 0.6) is 0 Å². The molecule has 28 rings (SSSR count). The Balaban J connectivity index is 0.838. The van der Waals surface area contributed by atoms with Gasteiger partial charge in [-0.25, -0.2) is 0 Å². The molecule has 4 heterocycles. The van der Waals surface area contributed by atoms with Gasteiger partial charge in [0.2, 0.25) is 0 Å². The molecule has 0 N–H and O–H groups in total. The van der Waals surface area contributed by atoms with Gasteiger partial charge in [0.25, 0.3) is 6.71 Å². The lowest BCUT2D eigenvalue weighted by Gasteiger charge is -2.46. The van der Waals surface area contributed by atoms with Crippen molar-refractivity contribution in [3.8, 4) is 112 Å². The zero-order chi connectivity index (χ0) is 107. The Bertz CT molecular complexity index is 9550. The molecule has 20 aromatic carbocycles. The highest BCUT2D eigenvalue weighted by molar-refractivity contribution is 7.00. The highest BCUT2D eigenvalue weighted by Gasteiger charge is 2.55. The molecule has 658 valence electrons. The normalized spacial score (nSPS) is 15.6. The third-order valence-electron chi connectivity index (χ3n) is 30.9. The van der Waals surface area contributed by atoms with Crippen molar-refractivity contribution in [3.05, 3.63) is 498 Å². The van der Waals surface area contributed by atoms with Crippen molar-refractivity contribution < 1.29 is 21.9 Å². The SMILES string of the molecule is [2H]c1c([2H])c([2H])c2c(c1[2H])c1c([2H])c([2H])c([2H])c([2H])c1n2-c1ccc2c(c1)N(c1c(-c3ccc4c(c3)-c3ccccc3C43c4ccccc4-c4ccccc43)cccc1-c1ccc3c(c1)-c1ccccc1C31c3ccccc3-c3ccccc31)c1cc(-c3cc(C(C)(C)C)cc(C(C)(C)C)c3)cc3c1B2c1ccc(-n2c4c([2H])c([2H])c([2H])c([2H])c4c4c([2H])c([2H])c([2H])c([2H])c42)cc1N3c1c(-c2ccccc2)cc(C(C)(C)C)cc1-c1ccccc1. The van der Waals surface area contributed by atoms with Gasteiger partial charge in [-0.15, -0.1) is 0 Å². The molecule has 0 amide bonds. The first-order valence-electron chi connectivity index (χ1n) is 56.1. The van der Waals surface area contributed by atoms with Gasteiger partial charge in [0, 0.05) is 77.9 Å². The minimum atomic E-state index is -0.888. The maximum atomic E-state index is 10.3. The Morgan fingerprint density at radius 3 is 0.871 bits per heavy atom. The summed E-state index contributed by atoms with van der Waals surface area (Å²) in [7, 11) is 0. The molecule has 0 saturated carbocycles. The van der Waals surface area contributed by atoms with Crippen molar-refractivity contribution in [2.75, 3.05) is 9.80 Å². The van der Waals surface area contributed by atoms with Crippen LogP contribution in [0.25, 0.3) is 155 Å². The molecule has 139 heavy (non-hydrogen) atoms. The molecule has 2 aliphatic heterocycles. The zero-order valence-electron chi connectivity index (χ0n) is 94.2. The molecule has 22 aromatic rings. The van der Waals surface area contributed by atoms with Crippen LogP contribution in [0.1, 0.15) is 145 Å². The van der Waals surface area contributed by atoms with E-state index in [4.69, 9.17) is 0 Å². The van der Waals surface area contributed by atoms with E-state index in [2.05, 4.69) is 375 Å². The number of benzene rings is 20. The summed E-state index contributed by atoms with van der Waals surface area (Å²) in [5, 5.41) is -0.349. The first-order valence-corrected chi connectivity index (χ1v) is 48.1. The van der Waals surface area contributed by atoms with Gasteiger partial charge >= 0.3 is 0 Å². The maximum Gasteiger partial charge on any atom is 0.252 e. The number of para-hydroxylation sites is 5. The molecule has 2 aromatic heterocycles. The van der Waals surface area contributed by atoms with E-state index in [1.54, 1.807) is 9.13 Å². The van der Waals surface area contributed by atoms with Gasteiger partial charge in [0.15, 0.2) is 0 Å². The molecule has 0 bridgehead atoms. The Kier molecular flexibility index (Phi) is 14.1. The predicted molar refractivity (Wildman–Crippen MR) is 585 cm³/mol. The molecule has 0 atom stereocenters. The van der Waals surface area contributed by atoms with Crippen molar-refractivity contribution in [1.82, 2.24) is 9.13 Å². The lowest BCUT2D eigenvalue weighted by atomic mass is 9.33. The molecule has 0 saturated heterocycles. The summed E-state index contributed by atoms with van der Waals surface area (Å²) in [6.07, 6.45) is 0. The zero-order valence-corrected chi connectivity index (χ0v) is 78.2. The van der Waals surface area contributed by atoms with Crippen LogP contribution in [-0.4, -0.2) is 15.8 Å². The number of fused-ring (bicyclic) bond motifs is 30. The maximum absolute atomic E-state index is 10.3. The number of hydrogen-bond donors (Lipinski definition) is 0. The van der Waals surface area contributed by atoms with Gasteiger partial charge < -0.3 is 18.9 Å². The standard InChI is InChI=1S/C134H99BN4/c1-130(2,3)88-71-86(72-89(77-88)131(4,5)6)87-75-125-127-126(76-87)139(129-105(82-37-12-10-13-38-82)78-90(132(7,8)9)79-106(129)83-39-14-11-15-40-83)124-81-92(137-121-61-34-24-49-103(121)104-50-25-35-62-122(104)137)66-70-118(124)135(127)117-69-65-91(136-119-59-32-22-47-101(119)102-48-23-33-60-120(102)136)80-123(117)138(125)128-93(84-63-67-115-107(73-84)99-45-20-30-57-113(99)133(115)109-53-26-16-41-95(109)96-42-17-27-54-110(96)133)51-36-52-94(128)85-64-68-116-108(74-85)100-46-21-31-58-114(100)134(116)111-55-28-18-43-97(111)98-44-19-29-56-112(98)134/h10-81H,1-9H3/i22D,23D,24D,25D,32D,33D,34D,35D,47D,48D,49D,50D,59D,60D,61D,62D. The van der Waals surface area contributed by atoms with E-state index in [1.807, 2.05) is 36.4 Å². The first kappa shape index (κ1) is 66.2. The summed E-state index contributed by atoms with van der Waals surface area (Å²) < 4.78 is 160. The van der Waals surface area contributed by atoms with E-state index in [0.717, 1.165) is 134 Å². The molecule has 4 nitrogen and oxygen atoms in total. The summed E-state index contributed by atoms with van der Waals surface area (Å²) in [6, 6.07) is 115. The van der Waals surface area contributed by atoms with Crippen molar-refractivity contribution in [2.24, 2.45) is 0 Å². The highest BCUT2D eigenvalue weighted by atomic mass is 15.2. The minimum absolute atomic E-state index is 0.0637. The van der Waals surface area contributed by atoms with Crippen molar-refractivity contribution in [3.63, 3.8) is 0 Å². The summed E-state index contributed by atoms with van der Waals surface area (Å²) in [5.74, 6) is 0. The third kappa shape index (κ3) is 11.5. The quantitative estimate of drug-likeness (QED) is 0.134. The first-order chi connectivity index (χ1) is 74.5. The highest BCUT2D eigenvalue weighted by Crippen LogP contribution is 2.67. The van der Waals surface area contributed by atoms with E-state index in [-0.39, 0.29) is 49.3 Å². The molecule has 0 unspecified atom stereocenters. The molecule has 6 aliphatic rings. The Morgan fingerprint density at radius 2 is 0.518 bits per heavy atom. The van der Waals surface area contributed by atoms with E-state index >= 15 is 0 Å². The van der Waals surface area contributed by atoms with Gasteiger partial charge in [-0.1, -0.05) is 414 Å². The van der Waals surface area contributed by atoms with Crippen LogP contribution in [0.3, 0.4) is 0 Å². The summed E-state index contributed by atoms with van der Waals surface area (Å²) in [4.78, 5) is 4.83. The number of aromatic nitrogens is 2. The number of anilines is 6. The molecular formula is C134H99BN4. The monoisotopic (exact) mass is 1790 g/mol. The average molecular weight is 1790 g/mol. The van der Waals surface area contributed by atoms with Crippen LogP contribution in [-0.2, 0) is 27.1 Å². The lowest BCUT2D eigenvalue weighted by molar-refractivity contribution is 0.569. The smallest absolute Gasteiger partial charge is 0.252 e. The van der Waals surface area contributed by atoms with Gasteiger partial charge in [-0.2, -0.15) is 0 Å².